The molecule has 0 aliphatic rings. The van der Waals surface area contributed by atoms with Gasteiger partial charge in [0.1, 0.15) is 5.82 Å². The first-order chi connectivity index (χ1) is 12.2. The van der Waals surface area contributed by atoms with Crippen molar-refractivity contribution in [1.82, 2.24) is 0 Å². The van der Waals surface area contributed by atoms with E-state index in [0.717, 1.165) is 5.56 Å². The second-order valence-corrected chi connectivity index (χ2v) is 5.76. The van der Waals surface area contributed by atoms with E-state index in [-0.39, 0.29) is 11.6 Å². The molecule has 0 aromatic heterocycles. The summed E-state index contributed by atoms with van der Waals surface area (Å²) in [5, 5.41) is 0. The van der Waals surface area contributed by atoms with Crippen molar-refractivity contribution >= 4 is 17.3 Å². The van der Waals surface area contributed by atoms with Gasteiger partial charge in [-0.05, 0) is 36.2 Å². The number of carbonyl (C=O) groups is 1. The van der Waals surface area contributed by atoms with E-state index in [4.69, 9.17) is 5.73 Å². The molecule has 0 aliphatic carbocycles. The number of benzene rings is 3. The summed E-state index contributed by atoms with van der Waals surface area (Å²) in [7, 11) is 0. The number of amides is 1. The van der Waals surface area contributed by atoms with Crippen molar-refractivity contribution in [1.29, 1.82) is 0 Å². The molecule has 3 aromatic rings. The summed E-state index contributed by atoms with van der Waals surface area (Å²) in [5.74, 6) is -0.813. The number of anilines is 2. The number of hydrogen-bond acceptors (Lipinski definition) is 2. The lowest BCUT2D eigenvalue weighted by Crippen LogP contribution is -2.43. The quantitative estimate of drug-likeness (QED) is 0.765. The third-order valence-electron chi connectivity index (χ3n) is 3.94. The molecule has 0 aliphatic heterocycles. The van der Waals surface area contributed by atoms with Gasteiger partial charge in [0.25, 0.3) is 0 Å². The Kier molecular flexibility index (Phi) is 5.21. The summed E-state index contributed by atoms with van der Waals surface area (Å²) >= 11 is 0. The van der Waals surface area contributed by atoms with Crippen LogP contribution in [0.2, 0.25) is 0 Å². The standard InChI is InChI=1S/C21H19FN2O/c22-18-13-7-8-14-20(18)24(17-11-5-2-6-12-17)21(25)19(23)15-16-9-3-1-4-10-16/h1-14,19H,15,23H2. The maximum absolute atomic E-state index is 14.3. The molecule has 25 heavy (non-hydrogen) atoms. The summed E-state index contributed by atoms with van der Waals surface area (Å²) in [6, 6.07) is 24.0. The molecule has 0 bridgehead atoms. The summed E-state index contributed by atoms with van der Waals surface area (Å²) in [4.78, 5) is 14.4. The average molecular weight is 334 g/mol. The average Bonchev–Trinajstić information content (AvgIpc) is 2.65. The first-order valence-corrected chi connectivity index (χ1v) is 8.10. The Balaban J connectivity index is 1.94. The van der Waals surface area contributed by atoms with Gasteiger partial charge in [-0.3, -0.25) is 9.69 Å². The summed E-state index contributed by atoms with van der Waals surface area (Å²) in [6.45, 7) is 0. The van der Waals surface area contributed by atoms with Crippen LogP contribution in [0.25, 0.3) is 0 Å². The van der Waals surface area contributed by atoms with Crippen molar-refractivity contribution < 1.29 is 9.18 Å². The summed E-state index contributed by atoms with van der Waals surface area (Å²) in [5.41, 5.74) is 7.90. The number of carbonyl (C=O) groups excluding carboxylic acids is 1. The second kappa shape index (κ2) is 7.73. The van der Waals surface area contributed by atoms with Crippen LogP contribution in [-0.2, 0) is 11.2 Å². The lowest BCUT2D eigenvalue weighted by molar-refractivity contribution is -0.119. The molecule has 1 amide bonds. The van der Waals surface area contributed by atoms with Gasteiger partial charge in [-0.1, -0.05) is 60.7 Å². The molecule has 0 saturated carbocycles. The number of nitrogens with two attached hydrogens (primary N) is 1. The van der Waals surface area contributed by atoms with E-state index in [2.05, 4.69) is 0 Å². The molecule has 0 heterocycles. The van der Waals surface area contributed by atoms with Crippen LogP contribution >= 0.6 is 0 Å². The van der Waals surface area contributed by atoms with E-state index in [9.17, 15) is 9.18 Å². The van der Waals surface area contributed by atoms with Gasteiger partial charge in [-0.15, -0.1) is 0 Å². The fraction of sp³-hybridized carbons (Fsp3) is 0.0952. The minimum Gasteiger partial charge on any atom is -0.320 e. The van der Waals surface area contributed by atoms with Crippen LogP contribution in [0.5, 0.6) is 0 Å². The second-order valence-electron chi connectivity index (χ2n) is 5.76. The van der Waals surface area contributed by atoms with Gasteiger partial charge in [-0.25, -0.2) is 4.39 Å². The van der Waals surface area contributed by atoms with E-state index >= 15 is 0 Å². The molecular formula is C21H19FN2O. The van der Waals surface area contributed by atoms with Crippen LogP contribution in [0.3, 0.4) is 0 Å². The lowest BCUT2D eigenvalue weighted by atomic mass is 10.0. The van der Waals surface area contributed by atoms with E-state index < -0.39 is 11.9 Å². The van der Waals surface area contributed by atoms with Crippen molar-refractivity contribution in [3.63, 3.8) is 0 Å². The number of nitrogens with zero attached hydrogens (tertiary/aromatic N) is 1. The zero-order chi connectivity index (χ0) is 17.6. The fourth-order valence-corrected chi connectivity index (χ4v) is 2.72. The van der Waals surface area contributed by atoms with Gasteiger partial charge < -0.3 is 5.73 Å². The molecule has 3 nitrogen and oxygen atoms in total. The maximum Gasteiger partial charge on any atom is 0.248 e. The normalized spacial score (nSPS) is 11.8. The van der Waals surface area contributed by atoms with Crippen LogP contribution < -0.4 is 10.6 Å². The van der Waals surface area contributed by atoms with Gasteiger partial charge in [0.05, 0.1) is 11.7 Å². The molecule has 0 spiro atoms. The van der Waals surface area contributed by atoms with E-state index in [1.54, 1.807) is 42.5 Å². The number of hydrogen-bond donors (Lipinski definition) is 1. The minimum absolute atomic E-state index is 0.196. The molecule has 1 unspecified atom stereocenters. The molecule has 3 rings (SSSR count). The molecule has 126 valence electrons. The van der Waals surface area contributed by atoms with Gasteiger partial charge in [-0.2, -0.15) is 0 Å². The van der Waals surface area contributed by atoms with Crippen molar-refractivity contribution in [2.45, 2.75) is 12.5 Å². The monoisotopic (exact) mass is 334 g/mol. The molecule has 3 aromatic carbocycles. The van der Waals surface area contributed by atoms with Crippen molar-refractivity contribution in [2.24, 2.45) is 5.73 Å². The van der Waals surface area contributed by atoms with E-state index in [1.807, 2.05) is 36.4 Å². The Labute approximate surface area is 146 Å². The van der Waals surface area contributed by atoms with Crippen molar-refractivity contribution in [2.75, 3.05) is 4.90 Å². The zero-order valence-electron chi connectivity index (χ0n) is 13.7. The molecule has 0 radical (unpaired) electrons. The lowest BCUT2D eigenvalue weighted by Gasteiger charge is -2.26. The van der Waals surface area contributed by atoms with E-state index in [1.165, 1.54) is 11.0 Å². The van der Waals surface area contributed by atoms with Crippen LogP contribution in [0, 0.1) is 5.82 Å². The van der Waals surface area contributed by atoms with E-state index in [0.29, 0.717) is 12.1 Å². The first kappa shape index (κ1) is 16.9. The number of rotatable bonds is 5. The van der Waals surface area contributed by atoms with Gasteiger partial charge in [0.2, 0.25) is 5.91 Å². The minimum atomic E-state index is -0.776. The number of halogens is 1. The fourth-order valence-electron chi connectivity index (χ4n) is 2.72. The Morgan fingerprint density at radius 3 is 2.08 bits per heavy atom. The summed E-state index contributed by atoms with van der Waals surface area (Å²) < 4.78 is 14.3. The molecule has 0 saturated heterocycles. The van der Waals surface area contributed by atoms with Crippen LogP contribution in [0.15, 0.2) is 84.9 Å². The third-order valence-corrected chi connectivity index (χ3v) is 3.94. The van der Waals surface area contributed by atoms with Gasteiger partial charge in [0.15, 0.2) is 0 Å². The molecule has 1 atom stereocenters. The third kappa shape index (κ3) is 3.92. The van der Waals surface area contributed by atoms with Crippen LogP contribution in [0.1, 0.15) is 5.56 Å². The van der Waals surface area contributed by atoms with Gasteiger partial charge in [0, 0.05) is 5.69 Å². The molecule has 4 heteroatoms. The predicted molar refractivity (Wildman–Crippen MR) is 98.1 cm³/mol. The van der Waals surface area contributed by atoms with Crippen LogP contribution in [-0.4, -0.2) is 11.9 Å². The Hall–Kier alpha value is -2.98. The highest BCUT2D eigenvalue weighted by molar-refractivity contribution is 6.03. The highest BCUT2D eigenvalue weighted by atomic mass is 19.1. The number of para-hydroxylation sites is 2. The predicted octanol–water partition coefficient (Wildman–Crippen LogP) is 4.06. The Morgan fingerprint density at radius 1 is 0.880 bits per heavy atom. The van der Waals surface area contributed by atoms with Crippen LogP contribution in [0.4, 0.5) is 15.8 Å². The SMILES string of the molecule is NC(Cc1ccccc1)C(=O)N(c1ccccc1)c1ccccc1F. The largest absolute Gasteiger partial charge is 0.320 e. The molecule has 2 N–H and O–H groups in total. The smallest absolute Gasteiger partial charge is 0.248 e. The topological polar surface area (TPSA) is 46.3 Å². The highest BCUT2D eigenvalue weighted by Gasteiger charge is 2.26. The molecule has 0 fully saturated rings. The Morgan fingerprint density at radius 2 is 1.44 bits per heavy atom. The first-order valence-electron chi connectivity index (χ1n) is 8.10. The highest BCUT2D eigenvalue weighted by Crippen LogP contribution is 2.28. The van der Waals surface area contributed by atoms with Gasteiger partial charge >= 0.3 is 0 Å². The molecular weight excluding hydrogens is 315 g/mol. The van der Waals surface area contributed by atoms with Crippen molar-refractivity contribution in [3.8, 4) is 0 Å². The Bertz CT molecular complexity index is 837. The maximum atomic E-state index is 14.3. The van der Waals surface area contributed by atoms with Crippen molar-refractivity contribution in [3.05, 3.63) is 96.3 Å². The summed E-state index contributed by atoms with van der Waals surface area (Å²) in [6.07, 6.45) is 0.386. The zero-order valence-corrected chi connectivity index (χ0v) is 13.7.